The van der Waals surface area contributed by atoms with E-state index in [9.17, 15) is 4.79 Å². The Labute approximate surface area is 122 Å². The van der Waals surface area contributed by atoms with Gasteiger partial charge in [0.2, 0.25) is 0 Å². The Hall–Kier alpha value is -2.76. The number of hydrogen-bond acceptors (Lipinski definition) is 6. The average molecular weight is 284 g/mol. The van der Waals surface area contributed by atoms with Gasteiger partial charge in [-0.2, -0.15) is 5.10 Å². The largest absolute Gasteiger partial charge is 0.465 e. The number of anilines is 1. The van der Waals surface area contributed by atoms with Crippen LogP contribution in [0.4, 0.5) is 5.82 Å². The number of rotatable bonds is 6. The van der Waals surface area contributed by atoms with Gasteiger partial charge in [-0.1, -0.05) is 12.1 Å². The summed E-state index contributed by atoms with van der Waals surface area (Å²) in [6.07, 6.45) is 6.41. The molecule has 0 aliphatic rings. The second kappa shape index (κ2) is 7.74. The van der Waals surface area contributed by atoms with Gasteiger partial charge >= 0.3 is 5.97 Å². The maximum atomic E-state index is 12.0. The lowest BCUT2D eigenvalue weighted by Crippen LogP contribution is -2.18. The standard InChI is InChI=1S/C15H16N4O2/c1-2-21-15(20)13(12-6-5-8-16-10-12)11-18-19-14-7-3-4-9-17-14/h3-11,13H,2H2,1H3,(H,17,19)/b18-11+. The first kappa shape index (κ1) is 14.6. The lowest BCUT2D eigenvalue weighted by atomic mass is 10.0. The molecule has 0 radical (unpaired) electrons. The fourth-order valence-corrected chi connectivity index (χ4v) is 1.68. The predicted octanol–water partition coefficient (Wildman–Crippen LogP) is 2.22. The van der Waals surface area contributed by atoms with E-state index in [1.54, 1.807) is 43.7 Å². The van der Waals surface area contributed by atoms with Gasteiger partial charge in [0.25, 0.3) is 0 Å². The maximum absolute atomic E-state index is 12.0. The number of carbonyl (C=O) groups is 1. The molecule has 0 saturated carbocycles. The molecule has 1 atom stereocenters. The van der Waals surface area contributed by atoms with E-state index in [-0.39, 0.29) is 5.97 Å². The molecule has 2 heterocycles. The van der Waals surface area contributed by atoms with Crippen LogP contribution in [-0.4, -0.2) is 28.8 Å². The summed E-state index contributed by atoms with van der Waals surface area (Å²) in [5.41, 5.74) is 3.50. The maximum Gasteiger partial charge on any atom is 0.319 e. The molecule has 0 aliphatic carbocycles. The average Bonchev–Trinajstić information content (AvgIpc) is 2.53. The van der Waals surface area contributed by atoms with Gasteiger partial charge in [-0.3, -0.25) is 15.2 Å². The molecular formula is C15H16N4O2. The molecule has 108 valence electrons. The summed E-state index contributed by atoms with van der Waals surface area (Å²) in [7, 11) is 0. The Morgan fingerprint density at radius 3 is 2.95 bits per heavy atom. The molecule has 6 nitrogen and oxygen atoms in total. The monoisotopic (exact) mass is 284 g/mol. The normalized spacial score (nSPS) is 12.0. The van der Waals surface area contributed by atoms with Gasteiger partial charge in [-0.15, -0.1) is 0 Å². The number of esters is 1. The highest BCUT2D eigenvalue weighted by Crippen LogP contribution is 2.14. The van der Waals surface area contributed by atoms with Crippen molar-refractivity contribution in [3.05, 3.63) is 54.5 Å². The zero-order chi connectivity index (χ0) is 14.9. The van der Waals surface area contributed by atoms with Crippen LogP contribution in [0.2, 0.25) is 0 Å². The number of aromatic nitrogens is 2. The highest BCUT2D eigenvalue weighted by Gasteiger charge is 2.20. The summed E-state index contributed by atoms with van der Waals surface area (Å²) in [4.78, 5) is 20.1. The molecule has 2 aromatic heterocycles. The van der Waals surface area contributed by atoms with Gasteiger partial charge in [0, 0.05) is 24.8 Å². The van der Waals surface area contributed by atoms with Crippen LogP contribution >= 0.6 is 0 Å². The second-order valence-corrected chi connectivity index (χ2v) is 4.12. The van der Waals surface area contributed by atoms with Gasteiger partial charge in [0.15, 0.2) is 0 Å². The molecule has 1 N–H and O–H groups in total. The molecule has 0 aliphatic heterocycles. The quantitative estimate of drug-likeness (QED) is 0.500. The highest BCUT2D eigenvalue weighted by molar-refractivity contribution is 5.96. The third-order valence-corrected chi connectivity index (χ3v) is 2.65. The lowest BCUT2D eigenvalue weighted by Gasteiger charge is -2.10. The van der Waals surface area contributed by atoms with Crippen molar-refractivity contribution >= 4 is 18.0 Å². The zero-order valence-electron chi connectivity index (χ0n) is 11.6. The molecule has 2 aromatic rings. The van der Waals surface area contributed by atoms with Crippen molar-refractivity contribution < 1.29 is 9.53 Å². The van der Waals surface area contributed by atoms with Crippen LogP contribution in [0.25, 0.3) is 0 Å². The van der Waals surface area contributed by atoms with Gasteiger partial charge in [0.1, 0.15) is 11.7 Å². The first-order valence-corrected chi connectivity index (χ1v) is 6.58. The zero-order valence-corrected chi connectivity index (χ0v) is 11.6. The highest BCUT2D eigenvalue weighted by atomic mass is 16.5. The molecule has 0 saturated heterocycles. The number of nitrogens with zero attached hydrogens (tertiary/aromatic N) is 3. The van der Waals surface area contributed by atoms with Crippen LogP contribution < -0.4 is 5.43 Å². The Morgan fingerprint density at radius 2 is 2.29 bits per heavy atom. The van der Waals surface area contributed by atoms with Crippen molar-refractivity contribution in [3.63, 3.8) is 0 Å². The molecule has 0 fully saturated rings. The summed E-state index contributed by atoms with van der Waals surface area (Å²) in [6.45, 7) is 2.08. The Balaban J connectivity index is 2.11. The first-order chi connectivity index (χ1) is 10.3. The van der Waals surface area contributed by atoms with Crippen LogP contribution in [0, 0.1) is 0 Å². The molecule has 0 bridgehead atoms. The van der Waals surface area contributed by atoms with Crippen molar-refractivity contribution in [1.29, 1.82) is 0 Å². The van der Waals surface area contributed by atoms with Crippen molar-refractivity contribution in [2.45, 2.75) is 12.8 Å². The number of carbonyl (C=O) groups excluding carboxylic acids is 1. The van der Waals surface area contributed by atoms with E-state index in [0.717, 1.165) is 5.56 Å². The number of nitrogens with one attached hydrogen (secondary N) is 1. The minimum absolute atomic E-state index is 0.317. The van der Waals surface area contributed by atoms with Crippen molar-refractivity contribution in [2.75, 3.05) is 12.0 Å². The molecule has 21 heavy (non-hydrogen) atoms. The second-order valence-electron chi connectivity index (χ2n) is 4.12. The molecule has 0 amide bonds. The molecule has 1 unspecified atom stereocenters. The summed E-state index contributed by atoms with van der Waals surface area (Å²) in [5.74, 6) is -0.366. The Morgan fingerprint density at radius 1 is 1.38 bits per heavy atom. The van der Waals surface area contributed by atoms with E-state index >= 15 is 0 Å². The number of hydrogen-bond donors (Lipinski definition) is 1. The van der Waals surface area contributed by atoms with Gasteiger partial charge in [0.05, 0.1) is 6.61 Å². The van der Waals surface area contributed by atoms with Crippen LogP contribution in [0.3, 0.4) is 0 Å². The van der Waals surface area contributed by atoms with Gasteiger partial charge in [-0.05, 0) is 30.7 Å². The molecule has 2 rings (SSSR count). The van der Waals surface area contributed by atoms with E-state index in [2.05, 4.69) is 20.5 Å². The molecule has 0 aromatic carbocycles. The number of hydrazone groups is 1. The van der Waals surface area contributed by atoms with Crippen LogP contribution in [-0.2, 0) is 9.53 Å². The van der Waals surface area contributed by atoms with Gasteiger partial charge in [-0.25, -0.2) is 4.98 Å². The topological polar surface area (TPSA) is 76.5 Å². The van der Waals surface area contributed by atoms with Crippen molar-refractivity contribution in [3.8, 4) is 0 Å². The van der Waals surface area contributed by atoms with Crippen molar-refractivity contribution in [2.24, 2.45) is 5.10 Å². The lowest BCUT2D eigenvalue weighted by molar-refractivity contribution is -0.143. The predicted molar refractivity (Wildman–Crippen MR) is 80.0 cm³/mol. The summed E-state index contributed by atoms with van der Waals surface area (Å²) in [6, 6.07) is 9.00. The van der Waals surface area contributed by atoms with E-state index in [0.29, 0.717) is 12.4 Å². The van der Waals surface area contributed by atoms with Crippen LogP contribution in [0.5, 0.6) is 0 Å². The van der Waals surface area contributed by atoms with E-state index in [1.807, 2.05) is 12.1 Å². The third-order valence-electron chi connectivity index (χ3n) is 2.65. The van der Waals surface area contributed by atoms with E-state index in [4.69, 9.17) is 4.74 Å². The minimum atomic E-state index is -0.602. The number of pyridine rings is 2. The van der Waals surface area contributed by atoms with Crippen LogP contribution in [0.1, 0.15) is 18.4 Å². The minimum Gasteiger partial charge on any atom is -0.465 e. The number of ether oxygens (including phenoxy) is 1. The smallest absolute Gasteiger partial charge is 0.319 e. The van der Waals surface area contributed by atoms with Crippen LogP contribution in [0.15, 0.2) is 54.0 Å². The van der Waals surface area contributed by atoms with Crippen molar-refractivity contribution in [1.82, 2.24) is 9.97 Å². The molecular weight excluding hydrogens is 268 g/mol. The summed E-state index contributed by atoms with van der Waals surface area (Å²) < 4.78 is 5.06. The Kier molecular flexibility index (Phi) is 5.40. The fourth-order valence-electron chi connectivity index (χ4n) is 1.68. The first-order valence-electron chi connectivity index (χ1n) is 6.58. The van der Waals surface area contributed by atoms with Gasteiger partial charge < -0.3 is 4.74 Å². The van der Waals surface area contributed by atoms with E-state index < -0.39 is 5.92 Å². The molecule has 6 heteroatoms. The SMILES string of the molecule is CCOC(=O)C(/C=N/Nc1ccccn1)c1cccnc1. The third kappa shape index (κ3) is 4.38. The fraction of sp³-hybridized carbons (Fsp3) is 0.200. The summed E-state index contributed by atoms with van der Waals surface area (Å²) in [5, 5.41) is 4.06. The summed E-state index contributed by atoms with van der Waals surface area (Å²) >= 11 is 0. The Bertz CT molecular complexity index is 587. The molecule has 0 spiro atoms. The van der Waals surface area contributed by atoms with E-state index in [1.165, 1.54) is 6.21 Å².